The molecular weight excluding hydrogens is 226 g/mol. The molecule has 1 aliphatic rings. The highest BCUT2D eigenvalue weighted by molar-refractivity contribution is 5.62. The van der Waals surface area contributed by atoms with Gasteiger partial charge in [-0.05, 0) is 38.3 Å². The largest absolute Gasteiger partial charge is 0.310 e. The molecule has 0 unspecified atom stereocenters. The molecule has 1 aliphatic carbocycles. The van der Waals surface area contributed by atoms with E-state index in [1.54, 1.807) is 19.3 Å². The van der Waals surface area contributed by atoms with Gasteiger partial charge in [0.2, 0.25) is 0 Å². The minimum atomic E-state index is -0.0385. The van der Waals surface area contributed by atoms with Crippen LogP contribution in [-0.2, 0) is 0 Å². The van der Waals surface area contributed by atoms with Gasteiger partial charge >= 0.3 is 0 Å². The van der Waals surface area contributed by atoms with Gasteiger partial charge in [0.05, 0.1) is 5.69 Å². The Kier molecular flexibility index (Phi) is 2.51. The van der Waals surface area contributed by atoms with E-state index in [1.807, 2.05) is 13.0 Å². The maximum atomic E-state index is 11.9. The van der Waals surface area contributed by atoms with Crippen LogP contribution in [0, 0.1) is 13.8 Å². The minimum Gasteiger partial charge on any atom is -0.310 e. The Bertz CT molecular complexity index is 656. The monoisotopic (exact) mass is 241 g/mol. The number of nitrogens with zero attached hydrogens (tertiary/aromatic N) is 2. The molecule has 1 fully saturated rings. The Morgan fingerprint density at radius 1 is 1.28 bits per heavy atom. The highest BCUT2D eigenvalue weighted by Crippen LogP contribution is 2.38. The van der Waals surface area contributed by atoms with Crippen molar-refractivity contribution in [1.82, 2.24) is 15.0 Å². The lowest BCUT2D eigenvalue weighted by atomic mass is 10.1. The zero-order chi connectivity index (χ0) is 12.7. The van der Waals surface area contributed by atoms with Crippen LogP contribution in [0.1, 0.15) is 35.7 Å². The summed E-state index contributed by atoms with van der Waals surface area (Å²) in [6.45, 7) is 3.79. The van der Waals surface area contributed by atoms with Crippen LogP contribution in [0.2, 0.25) is 0 Å². The van der Waals surface area contributed by atoms with Crippen molar-refractivity contribution in [2.75, 3.05) is 0 Å². The van der Waals surface area contributed by atoms with Crippen molar-refractivity contribution in [3.8, 4) is 11.3 Å². The fourth-order valence-corrected chi connectivity index (χ4v) is 2.07. The molecule has 0 bridgehead atoms. The van der Waals surface area contributed by atoms with E-state index in [1.165, 1.54) is 0 Å². The van der Waals surface area contributed by atoms with Crippen molar-refractivity contribution in [3.63, 3.8) is 0 Å². The van der Waals surface area contributed by atoms with E-state index in [0.29, 0.717) is 11.5 Å². The second-order valence-corrected chi connectivity index (χ2v) is 4.95. The number of H-pyrrole nitrogens is 1. The summed E-state index contributed by atoms with van der Waals surface area (Å²) in [5, 5.41) is 0. The number of rotatable bonds is 2. The van der Waals surface area contributed by atoms with E-state index in [0.717, 1.165) is 35.5 Å². The number of nitrogens with one attached hydrogen (secondary N) is 1. The average Bonchev–Trinajstić information content (AvgIpc) is 3.16. The Hall–Kier alpha value is -1.97. The van der Waals surface area contributed by atoms with Gasteiger partial charge in [-0.3, -0.25) is 9.78 Å². The van der Waals surface area contributed by atoms with Crippen LogP contribution in [0.5, 0.6) is 0 Å². The number of aromatic amines is 1. The lowest BCUT2D eigenvalue weighted by Crippen LogP contribution is -2.15. The smallest absolute Gasteiger partial charge is 0.254 e. The van der Waals surface area contributed by atoms with Crippen LogP contribution >= 0.6 is 0 Å². The summed E-state index contributed by atoms with van der Waals surface area (Å²) in [6.07, 6.45) is 5.81. The van der Waals surface area contributed by atoms with E-state index in [9.17, 15) is 4.79 Å². The van der Waals surface area contributed by atoms with E-state index in [4.69, 9.17) is 0 Å². The highest BCUT2D eigenvalue weighted by atomic mass is 16.1. The van der Waals surface area contributed by atoms with E-state index in [-0.39, 0.29) is 5.56 Å². The van der Waals surface area contributed by atoms with Gasteiger partial charge in [-0.25, -0.2) is 4.98 Å². The number of aromatic nitrogens is 3. The van der Waals surface area contributed by atoms with Crippen LogP contribution in [0.3, 0.4) is 0 Å². The lowest BCUT2D eigenvalue weighted by molar-refractivity contribution is 0.900. The molecule has 18 heavy (non-hydrogen) atoms. The topological polar surface area (TPSA) is 58.6 Å². The molecule has 4 heteroatoms. The Morgan fingerprint density at radius 3 is 2.72 bits per heavy atom. The maximum Gasteiger partial charge on any atom is 0.254 e. The van der Waals surface area contributed by atoms with Crippen molar-refractivity contribution in [2.24, 2.45) is 0 Å². The second kappa shape index (κ2) is 4.05. The van der Waals surface area contributed by atoms with Crippen molar-refractivity contribution in [3.05, 3.63) is 45.8 Å². The first kappa shape index (κ1) is 11.1. The van der Waals surface area contributed by atoms with Crippen LogP contribution < -0.4 is 5.56 Å². The van der Waals surface area contributed by atoms with Crippen molar-refractivity contribution in [1.29, 1.82) is 0 Å². The summed E-state index contributed by atoms with van der Waals surface area (Å²) >= 11 is 0. The molecule has 2 aromatic heterocycles. The van der Waals surface area contributed by atoms with Gasteiger partial charge < -0.3 is 4.98 Å². The third-order valence-electron chi connectivity index (χ3n) is 3.28. The normalized spacial score (nSPS) is 14.8. The predicted octanol–water partition coefficient (Wildman–Crippen LogP) is 2.33. The molecule has 0 amide bonds. The molecule has 1 N–H and O–H groups in total. The van der Waals surface area contributed by atoms with Crippen molar-refractivity contribution < 1.29 is 0 Å². The average molecular weight is 241 g/mol. The van der Waals surface area contributed by atoms with Crippen LogP contribution in [0.25, 0.3) is 11.3 Å². The minimum absolute atomic E-state index is 0.0385. The van der Waals surface area contributed by atoms with E-state index < -0.39 is 0 Å². The van der Waals surface area contributed by atoms with E-state index >= 15 is 0 Å². The molecule has 2 heterocycles. The molecule has 0 saturated heterocycles. The van der Waals surface area contributed by atoms with Crippen LogP contribution in [-0.4, -0.2) is 15.0 Å². The first-order chi connectivity index (χ1) is 8.65. The van der Waals surface area contributed by atoms with Crippen LogP contribution in [0.15, 0.2) is 23.3 Å². The Morgan fingerprint density at radius 2 is 2.06 bits per heavy atom. The van der Waals surface area contributed by atoms with Gasteiger partial charge in [0.25, 0.3) is 5.56 Å². The number of pyridine rings is 1. The molecule has 3 rings (SSSR count). The first-order valence-corrected chi connectivity index (χ1v) is 6.18. The third kappa shape index (κ3) is 1.94. The predicted molar refractivity (Wildman–Crippen MR) is 69.5 cm³/mol. The molecule has 0 aromatic carbocycles. The standard InChI is InChI=1S/C14H15N3O/c1-8-5-11(7-15-6-8)12-9(2)14(18)17-13(16-12)10-3-4-10/h5-7,10H,3-4H2,1-2H3,(H,16,17,18). The summed E-state index contributed by atoms with van der Waals surface area (Å²) in [5.41, 5.74) is 3.37. The summed E-state index contributed by atoms with van der Waals surface area (Å²) in [6, 6.07) is 2.01. The zero-order valence-corrected chi connectivity index (χ0v) is 10.5. The molecule has 0 radical (unpaired) electrons. The number of aryl methyl sites for hydroxylation is 1. The molecular formula is C14H15N3O. The second-order valence-electron chi connectivity index (χ2n) is 4.95. The Balaban J connectivity index is 2.18. The molecule has 92 valence electrons. The van der Waals surface area contributed by atoms with Gasteiger partial charge in [-0.15, -0.1) is 0 Å². The van der Waals surface area contributed by atoms with Gasteiger partial charge in [0.1, 0.15) is 5.82 Å². The summed E-state index contributed by atoms with van der Waals surface area (Å²) in [4.78, 5) is 23.6. The molecule has 0 aliphatic heterocycles. The number of hydrogen-bond acceptors (Lipinski definition) is 3. The molecule has 2 aromatic rings. The van der Waals surface area contributed by atoms with Gasteiger partial charge in [0, 0.05) is 29.4 Å². The lowest BCUT2D eigenvalue weighted by Gasteiger charge is -2.07. The maximum absolute atomic E-state index is 11.9. The molecule has 0 spiro atoms. The molecule has 1 saturated carbocycles. The van der Waals surface area contributed by atoms with Crippen molar-refractivity contribution >= 4 is 0 Å². The number of hydrogen-bond donors (Lipinski definition) is 1. The van der Waals surface area contributed by atoms with Crippen LogP contribution in [0.4, 0.5) is 0 Å². The highest BCUT2D eigenvalue weighted by Gasteiger charge is 2.27. The SMILES string of the molecule is Cc1cncc(-c2nc(C3CC3)[nH]c(=O)c2C)c1. The quantitative estimate of drug-likeness (QED) is 0.877. The summed E-state index contributed by atoms with van der Waals surface area (Å²) in [7, 11) is 0. The third-order valence-corrected chi connectivity index (χ3v) is 3.28. The first-order valence-electron chi connectivity index (χ1n) is 6.18. The fourth-order valence-electron chi connectivity index (χ4n) is 2.07. The van der Waals surface area contributed by atoms with Gasteiger partial charge in [-0.1, -0.05) is 0 Å². The molecule has 4 nitrogen and oxygen atoms in total. The Labute approximate surface area is 105 Å². The zero-order valence-electron chi connectivity index (χ0n) is 10.5. The van der Waals surface area contributed by atoms with E-state index in [2.05, 4.69) is 15.0 Å². The van der Waals surface area contributed by atoms with Gasteiger partial charge in [0.15, 0.2) is 0 Å². The fraction of sp³-hybridized carbons (Fsp3) is 0.357. The van der Waals surface area contributed by atoms with Crippen molar-refractivity contribution in [2.45, 2.75) is 32.6 Å². The van der Waals surface area contributed by atoms with Gasteiger partial charge in [-0.2, -0.15) is 0 Å². The summed E-state index contributed by atoms with van der Waals surface area (Å²) in [5.74, 6) is 1.26. The summed E-state index contributed by atoms with van der Waals surface area (Å²) < 4.78 is 0. The molecule has 0 atom stereocenters.